The van der Waals surface area contributed by atoms with E-state index >= 15 is 0 Å². The molecule has 1 aromatic rings. The van der Waals surface area contributed by atoms with Crippen LogP contribution >= 0.6 is 0 Å². The molecule has 2 rings (SSSR count). The smallest absolute Gasteiger partial charge is 0.327 e. The molecule has 0 bridgehead atoms. The summed E-state index contributed by atoms with van der Waals surface area (Å²) < 4.78 is 18.4. The molecule has 1 N–H and O–H groups in total. The number of nitro benzene ring substituents is 1. The van der Waals surface area contributed by atoms with Crippen LogP contribution in [0.15, 0.2) is 18.2 Å². The van der Waals surface area contributed by atoms with Crippen molar-refractivity contribution in [3.63, 3.8) is 0 Å². The lowest BCUT2D eigenvalue weighted by Crippen LogP contribution is -2.19. The summed E-state index contributed by atoms with van der Waals surface area (Å²) in [6.45, 7) is 1.12. The van der Waals surface area contributed by atoms with E-state index in [-0.39, 0.29) is 11.7 Å². The van der Waals surface area contributed by atoms with Crippen LogP contribution in [0, 0.1) is 15.9 Å². The molecule has 0 radical (unpaired) electrons. The summed E-state index contributed by atoms with van der Waals surface area (Å²) in [6.07, 6.45) is 0.771. The lowest BCUT2D eigenvalue weighted by molar-refractivity contribution is -0.386. The van der Waals surface area contributed by atoms with Crippen molar-refractivity contribution in [3.8, 4) is 0 Å². The molecular weight excluding hydrogens is 215 g/mol. The molecule has 1 saturated heterocycles. The predicted molar refractivity (Wildman–Crippen MR) is 55.9 cm³/mol. The van der Waals surface area contributed by atoms with E-state index in [1.807, 2.05) is 0 Å². The van der Waals surface area contributed by atoms with Crippen molar-refractivity contribution in [1.82, 2.24) is 0 Å². The van der Waals surface area contributed by atoms with Gasteiger partial charge in [-0.3, -0.25) is 10.1 Å². The third-order valence-corrected chi connectivity index (χ3v) is 2.46. The lowest BCUT2D eigenvalue weighted by Gasteiger charge is -2.12. The van der Waals surface area contributed by atoms with Crippen LogP contribution in [0.4, 0.5) is 15.8 Å². The predicted octanol–water partition coefficient (Wildman–Crippen LogP) is 1.93. The molecule has 86 valence electrons. The van der Waals surface area contributed by atoms with Crippen molar-refractivity contribution in [2.45, 2.75) is 12.5 Å². The van der Waals surface area contributed by atoms with Crippen LogP contribution in [0.25, 0.3) is 0 Å². The van der Waals surface area contributed by atoms with Crippen LogP contribution in [0.1, 0.15) is 6.42 Å². The van der Waals surface area contributed by atoms with Gasteiger partial charge in [-0.05, 0) is 18.6 Å². The largest absolute Gasteiger partial charge is 0.379 e. The summed E-state index contributed by atoms with van der Waals surface area (Å²) in [7, 11) is 0. The Kier molecular flexibility index (Phi) is 3.00. The molecule has 16 heavy (non-hydrogen) atoms. The molecule has 5 nitrogen and oxygen atoms in total. The number of nitrogens with one attached hydrogen (secondary N) is 1. The second-order valence-corrected chi connectivity index (χ2v) is 3.60. The highest BCUT2D eigenvalue weighted by Gasteiger charge is 2.23. The molecular formula is C10H11FN2O3. The van der Waals surface area contributed by atoms with Crippen LogP contribution in [0.5, 0.6) is 0 Å². The average Bonchev–Trinajstić information content (AvgIpc) is 2.70. The molecule has 0 amide bonds. The van der Waals surface area contributed by atoms with Crippen LogP contribution in [0.3, 0.4) is 0 Å². The SMILES string of the molecule is O=[N+]([O-])c1c(F)cccc1NC1CCOC1. The Balaban J connectivity index is 2.25. The summed E-state index contributed by atoms with van der Waals surface area (Å²) in [6, 6.07) is 4.04. The van der Waals surface area contributed by atoms with Gasteiger partial charge in [0.2, 0.25) is 5.82 Å². The van der Waals surface area contributed by atoms with Crippen molar-refractivity contribution >= 4 is 11.4 Å². The van der Waals surface area contributed by atoms with E-state index < -0.39 is 16.4 Å². The van der Waals surface area contributed by atoms with Gasteiger partial charge in [0.05, 0.1) is 17.6 Å². The molecule has 1 fully saturated rings. The van der Waals surface area contributed by atoms with E-state index in [4.69, 9.17) is 4.74 Å². The van der Waals surface area contributed by atoms with Crippen molar-refractivity contribution in [2.75, 3.05) is 18.5 Å². The summed E-state index contributed by atoms with van der Waals surface area (Å²) >= 11 is 0. The number of hydrogen-bond acceptors (Lipinski definition) is 4. The van der Waals surface area contributed by atoms with Gasteiger partial charge in [-0.25, -0.2) is 0 Å². The Morgan fingerprint density at radius 1 is 1.56 bits per heavy atom. The first-order valence-corrected chi connectivity index (χ1v) is 4.95. The number of anilines is 1. The minimum Gasteiger partial charge on any atom is -0.379 e. The van der Waals surface area contributed by atoms with E-state index in [9.17, 15) is 14.5 Å². The second-order valence-electron chi connectivity index (χ2n) is 3.60. The van der Waals surface area contributed by atoms with Crippen LogP contribution in [-0.4, -0.2) is 24.2 Å². The summed E-state index contributed by atoms with van der Waals surface area (Å²) in [4.78, 5) is 10.00. The third-order valence-electron chi connectivity index (χ3n) is 2.46. The Labute approximate surface area is 91.4 Å². The number of para-hydroxylation sites is 1. The summed E-state index contributed by atoms with van der Waals surface area (Å²) in [5.41, 5.74) is -0.296. The first kappa shape index (κ1) is 10.8. The van der Waals surface area contributed by atoms with E-state index in [0.717, 1.165) is 12.5 Å². The number of nitrogens with zero attached hydrogens (tertiary/aromatic N) is 1. The highest BCUT2D eigenvalue weighted by molar-refractivity contribution is 5.62. The fourth-order valence-corrected chi connectivity index (χ4v) is 1.69. The topological polar surface area (TPSA) is 64.4 Å². The number of nitro groups is 1. The van der Waals surface area contributed by atoms with Gasteiger partial charge in [0.15, 0.2) is 0 Å². The molecule has 0 aromatic heterocycles. The molecule has 1 aliphatic heterocycles. The minimum absolute atomic E-state index is 0.0144. The Bertz CT molecular complexity index is 405. The van der Waals surface area contributed by atoms with Crippen LogP contribution in [0.2, 0.25) is 0 Å². The monoisotopic (exact) mass is 226 g/mol. The fraction of sp³-hybridized carbons (Fsp3) is 0.400. The second kappa shape index (κ2) is 4.44. The average molecular weight is 226 g/mol. The van der Waals surface area contributed by atoms with Gasteiger partial charge in [-0.1, -0.05) is 6.07 Å². The zero-order valence-corrected chi connectivity index (χ0v) is 8.48. The van der Waals surface area contributed by atoms with E-state index in [1.54, 1.807) is 0 Å². The zero-order valence-electron chi connectivity index (χ0n) is 8.48. The standard InChI is InChI=1S/C10H11FN2O3/c11-8-2-1-3-9(10(8)13(14)15)12-7-4-5-16-6-7/h1-3,7,12H,4-6H2. The normalized spacial score (nSPS) is 19.7. The van der Waals surface area contributed by atoms with Gasteiger partial charge in [-0.15, -0.1) is 0 Å². The van der Waals surface area contributed by atoms with Crippen molar-refractivity contribution < 1.29 is 14.1 Å². The molecule has 1 atom stereocenters. The van der Waals surface area contributed by atoms with E-state index in [0.29, 0.717) is 13.2 Å². The van der Waals surface area contributed by atoms with E-state index in [2.05, 4.69) is 5.32 Å². The maximum absolute atomic E-state index is 13.3. The van der Waals surface area contributed by atoms with Crippen LogP contribution < -0.4 is 5.32 Å². The number of halogens is 1. The Morgan fingerprint density at radius 3 is 3.00 bits per heavy atom. The van der Waals surface area contributed by atoms with Gasteiger partial charge in [-0.2, -0.15) is 4.39 Å². The first-order chi connectivity index (χ1) is 7.68. The Hall–Kier alpha value is -1.69. The maximum atomic E-state index is 13.3. The summed E-state index contributed by atoms with van der Waals surface area (Å²) in [5.74, 6) is -0.825. The Morgan fingerprint density at radius 2 is 2.38 bits per heavy atom. The molecule has 1 aromatic carbocycles. The maximum Gasteiger partial charge on any atom is 0.327 e. The molecule has 0 saturated carbocycles. The lowest BCUT2D eigenvalue weighted by atomic mass is 10.2. The number of hydrogen-bond donors (Lipinski definition) is 1. The molecule has 0 aliphatic carbocycles. The first-order valence-electron chi connectivity index (χ1n) is 4.95. The number of ether oxygens (including phenoxy) is 1. The molecule has 1 heterocycles. The van der Waals surface area contributed by atoms with Gasteiger partial charge in [0.25, 0.3) is 0 Å². The number of rotatable bonds is 3. The zero-order chi connectivity index (χ0) is 11.5. The summed E-state index contributed by atoms with van der Waals surface area (Å²) in [5, 5.41) is 13.6. The van der Waals surface area contributed by atoms with Crippen LogP contribution in [-0.2, 0) is 4.74 Å². The van der Waals surface area contributed by atoms with E-state index in [1.165, 1.54) is 12.1 Å². The van der Waals surface area contributed by atoms with Crippen molar-refractivity contribution in [1.29, 1.82) is 0 Å². The van der Waals surface area contributed by atoms with Crippen molar-refractivity contribution in [2.24, 2.45) is 0 Å². The van der Waals surface area contributed by atoms with Gasteiger partial charge in [0, 0.05) is 6.61 Å². The fourth-order valence-electron chi connectivity index (χ4n) is 1.69. The van der Waals surface area contributed by atoms with Gasteiger partial charge < -0.3 is 10.1 Å². The number of benzene rings is 1. The van der Waals surface area contributed by atoms with Crippen molar-refractivity contribution in [3.05, 3.63) is 34.1 Å². The molecule has 1 unspecified atom stereocenters. The quantitative estimate of drug-likeness (QED) is 0.631. The highest BCUT2D eigenvalue weighted by atomic mass is 19.1. The highest BCUT2D eigenvalue weighted by Crippen LogP contribution is 2.28. The van der Waals surface area contributed by atoms with Gasteiger partial charge >= 0.3 is 5.69 Å². The molecule has 1 aliphatic rings. The molecule has 6 heteroatoms. The molecule has 0 spiro atoms. The minimum atomic E-state index is -0.825. The van der Waals surface area contributed by atoms with Gasteiger partial charge in [0.1, 0.15) is 5.69 Å². The third kappa shape index (κ3) is 2.11.